The molecule has 2 aromatic heterocycles. The van der Waals surface area contributed by atoms with Crippen molar-refractivity contribution in [3.05, 3.63) is 28.9 Å². The third-order valence-electron chi connectivity index (χ3n) is 1.91. The Kier molecular flexibility index (Phi) is 2.34. The van der Waals surface area contributed by atoms with Crippen molar-refractivity contribution in [2.24, 2.45) is 0 Å². The molecule has 1 N–H and O–H groups in total. The van der Waals surface area contributed by atoms with E-state index in [1.54, 1.807) is 0 Å². The summed E-state index contributed by atoms with van der Waals surface area (Å²) in [7, 11) is 0. The summed E-state index contributed by atoms with van der Waals surface area (Å²) in [5.74, 6) is -1.16. The summed E-state index contributed by atoms with van der Waals surface area (Å²) in [5.41, 5.74) is -1.02. The van der Waals surface area contributed by atoms with Gasteiger partial charge in [-0.15, -0.1) is 11.3 Å². The normalized spacial score (nSPS) is 11.9. The number of alkyl halides is 3. The van der Waals surface area contributed by atoms with Gasteiger partial charge in [-0.3, -0.25) is 4.98 Å². The van der Waals surface area contributed by atoms with Crippen LogP contribution in [-0.2, 0) is 6.18 Å². The highest BCUT2D eigenvalue weighted by molar-refractivity contribution is 7.20. The van der Waals surface area contributed by atoms with Crippen LogP contribution >= 0.6 is 11.3 Å². The lowest BCUT2D eigenvalue weighted by Crippen LogP contribution is -2.06. The SMILES string of the molecule is O=C(O)c1cc2cc(C(F)(F)F)ncc2s1. The van der Waals surface area contributed by atoms with Crippen molar-refractivity contribution in [3.8, 4) is 0 Å². The quantitative estimate of drug-likeness (QED) is 0.842. The minimum atomic E-state index is -4.51. The van der Waals surface area contributed by atoms with Crippen LogP contribution in [0.1, 0.15) is 15.4 Å². The molecular weight excluding hydrogens is 243 g/mol. The second kappa shape index (κ2) is 3.44. The van der Waals surface area contributed by atoms with Crippen LogP contribution in [0.2, 0.25) is 0 Å². The van der Waals surface area contributed by atoms with Crippen LogP contribution in [0.3, 0.4) is 0 Å². The van der Waals surface area contributed by atoms with E-state index < -0.39 is 17.8 Å². The molecule has 0 radical (unpaired) electrons. The second-order valence-electron chi connectivity index (χ2n) is 3.02. The number of carboxylic acid groups (broad SMARTS) is 1. The van der Waals surface area contributed by atoms with Gasteiger partial charge in [0.1, 0.15) is 10.6 Å². The van der Waals surface area contributed by atoms with Gasteiger partial charge in [0.05, 0.1) is 4.70 Å². The molecule has 84 valence electrons. The molecule has 0 amide bonds. The summed E-state index contributed by atoms with van der Waals surface area (Å²) < 4.78 is 37.3. The molecule has 3 nitrogen and oxygen atoms in total. The molecule has 0 bridgehead atoms. The van der Waals surface area contributed by atoms with E-state index in [0.717, 1.165) is 23.6 Å². The van der Waals surface area contributed by atoms with Crippen LogP contribution in [0.15, 0.2) is 18.3 Å². The zero-order valence-electron chi connectivity index (χ0n) is 7.58. The predicted molar refractivity (Wildman–Crippen MR) is 51.6 cm³/mol. The molecule has 7 heteroatoms. The fraction of sp³-hybridized carbons (Fsp3) is 0.111. The Morgan fingerprint density at radius 3 is 2.62 bits per heavy atom. The van der Waals surface area contributed by atoms with Gasteiger partial charge in [0, 0.05) is 6.20 Å². The number of nitrogens with zero attached hydrogens (tertiary/aromatic N) is 1. The molecule has 0 atom stereocenters. The van der Waals surface area contributed by atoms with E-state index in [9.17, 15) is 18.0 Å². The number of carboxylic acids is 1. The minimum Gasteiger partial charge on any atom is -0.477 e. The highest BCUT2D eigenvalue weighted by Gasteiger charge is 2.32. The molecule has 0 aromatic carbocycles. The van der Waals surface area contributed by atoms with Crippen LogP contribution < -0.4 is 0 Å². The molecule has 2 heterocycles. The molecule has 0 fully saturated rings. The first-order valence-electron chi connectivity index (χ1n) is 4.08. The first kappa shape index (κ1) is 10.9. The maximum atomic E-state index is 12.3. The van der Waals surface area contributed by atoms with E-state index in [0.29, 0.717) is 4.70 Å². The van der Waals surface area contributed by atoms with Gasteiger partial charge in [0.15, 0.2) is 0 Å². The topological polar surface area (TPSA) is 50.2 Å². The summed E-state index contributed by atoms with van der Waals surface area (Å²) in [6.45, 7) is 0. The maximum Gasteiger partial charge on any atom is 0.433 e. The van der Waals surface area contributed by atoms with Crippen molar-refractivity contribution in [2.45, 2.75) is 6.18 Å². The lowest BCUT2D eigenvalue weighted by molar-refractivity contribution is -0.141. The van der Waals surface area contributed by atoms with Crippen LogP contribution in [0.5, 0.6) is 0 Å². The van der Waals surface area contributed by atoms with Gasteiger partial charge >= 0.3 is 12.1 Å². The average Bonchev–Trinajstić information content (AvgIpc) is 2.58. The molecule has 0 aliphatic heterocycles. The van der Waals surface area contributed by atoms with Gasteiger partial charge in [-0.25, -0.2) is 4.79 Å². The van der Waals surface area contributed by atoms with E-state index in [1.807, 2.05) is 0 Å². The summed E-state index contributed by atoms with van der Waals surface area (Å²) >= 11 is 0.895. The van der Waals surface area contributed by atoms with Gasteiger partial charge in [-0.05, 0) is 17.5 Å². The second-order valence-corrected chi connectivity index (χ2v) is 4.10. The molecule has 0 unspecified atom stereocenters. The zero-order valence-corrected chi connectivity index (χ0v) is 8.39. The molecule has 0 spiro atoms. The summed E-state index contributed by atoms with van der Waals surface area (Å²) in [5, 5.41) is 8.92. The van der Waals surface area contributed by atoms with E-state index in [-0.39, 0.29) is 10.3 Å². The Morgan fingerprint density at radius 1 is 1.38 bits per heavy atom. The Balaban J connectivity index is 2.58. The summed E-state index contributed by atoms with van der Waals surface area (Å²) in [6, 6.07) is 2.05. The third-order valence-corrected chi connectivity index (χ3v) is 2.98. The molecule has 0 aliphatic rings. The Bertz CT molecular complexity index is 561. The summed E-state index contributed by atoms with van der Waals surface area (Å²) in [6.07, 6.45) is -3.48. The van der Waals surface area contributed by atoms with E-state index in [1.165, 1.54) is 6.07 Å². The molecule has 16 heavy (non-hydrogen) atoms. The van der Waals surface area contributed by atoms with Gasteiger partial charge in [-0.2, -0.15) is 13.2 Å². The standard InChI is InChI=1S/C9H4F3NO2S/c10-9(11,12)7-2-4-1-5(8(14)15)16-6(4)3-13-7/h1-3H,(H,14,15). The largest absolute Gasteiger partial charge is 0.477 e. The van der Waals surface area contributed by atoms with Crippen LogP contribution in [0, 0.1) is 0 Å². The van der Waals surface area contributed by atoms with Crippen molar-refractivity contribution in [3.63, 3.8) is 0 Å². The smallest absolute Gasteiger partial charge is 0.433 e. The number of hydrogen-bond donors (Lipinski definition) is 1. The molecule has 2 rings (SSSR count). The predicted octanol–water partition coefficient (Wildman–Crippen LogP) is 3.01. The number of pyridine rings is 1. The fourth-order valence-electron chi connectivity index (χ4n) is 1.21. The number of aromatic carboxylic acids is 1. The first-order valence-corrected chi connectivity index (χ1v) is 4.89. The number of rotatable bonds is 1. The lowest BCUT2D eigenvalue weighted by atomic mass is 10.2. The Hall–Kier alpha value is -1.63. The molecular formula is C9H4F3NO2S. The number of hydrogen-bond acceptors (Lipinski definition) is 3. The van der Waals surface area contributed by atoms with Crippen LogP contribution in [-0.4, -0.2) is 16.1 Å². The van der Waals surface area contributed by atoms with Gasteiger partial charge in [0.2, 0.25) is 0 Å². The molecule has 0 saturated heterocycles. The summed E-state index contributed by atoms with van der Waals surface area (Å²) in [4.78, 5) is 13.9. The van der Waals surface area contributed by atoms with Gasteiger partial charge in [-0.1, -0.05) is 0 Å². The molecule has 0 aliphatic carbocycles. The fourth-order valence-corrected chi connectivity index (χ4v) is 2.06. The van der Waals surface area contributed by atoms with Crippen molar-refractivity contribution < 1.29 is 23.1 Å². The van der Waals surface area contributed by atoms with Crippen LogP contribution in [0.25, 0.3) is 10.1 Å². The van der Waals surface area contributed by atoms with E-state index >= 15 is 0 Å². The van der Waals surface area contributed by atoms with Crippen molar-refractivity contribution in [1.82, 2.24) is 4.98 Å². The average molecular weight is 247 g/mol. The monoisotopic (exact) mass is 247 g/mol. The van der Waals surface area contributed by atoms with Gasteiger partial charge < -0.3 is 5.11 Å². The van der Waals surface area contributed by atoms with Crippen molar-refractivity contribution >= 4 is 27.4 Å². The number of aromatic nitrogens is 1. The van der Waals surface area contributed by atoms with Crippen LogP contribution in [0.4, 0.5) is 13.2 Å². The van der Waals surface area contributed by atoms with Crippen molar-refractivity contribution in [1.29, 1.82) is 0 Å². The van der Waals surface area contributed by atoms with E-state index in [4.69, 9.17) is 5.11 Å². The molecule has 0 saturated carbocycles. The number of fused-ring (bicyclic) bond motifs is 1. The zero-order chi connectivity index (χ0) is 11.9. The third kappa shape index (κ3) is 1.85. The number of carbonyl (C=O) groups is 1. The van der Waals surface area contributed by atoms with Gasteiger partial charge in [0.25, 0.3) is 0 Å². The maximum absolute atomic E-state index is 12.3. The highest BCUT2D eigenvalue weighted by Crippen LogP contribution is 2.32. The van der Waals surface area contributed by atoms with E-state index in [2.05, 4.69) is 4.98 Å². The number of halogens is 3. The Morgan fingerprint density at radius 2 is 2.06 bits per heavy atom. The van der Waals surface area contributed by atoms with Crippen molar-refractivity contribution in [2.75, 3.05) is 0 Å². The highest BCUT2D eigenvalue weighted by atomic mass is 32.1. The Labute approximate surface area is 91.2 Å². The minimum absolute atomic E-state index is 0.00359. The first-order chi connectivity index (χ1) is 7.38. The lowest BCUT2D eigenvalue weighted by Gasteiger charge is -2.04. The molecule has 2 aromatic rings. The number of thiophene rings is 1.